The van der Waals surface area contributed by atoms with Gasteiger partial charge in [0.25, 0.3) is 5.91 Å². The summed E-state index contributed by atoms with van der Waals surface area (Å²) in [5.41, 5.74) is -0.505. The van der Waals surface area contributed by atoms with E-state index in [1.165, 1.54) is 25.6 Å². The molecule has 0 saturated carbocycles. The number of aliphatic imine (C=N–C) groups is 1. The molecule has 1 amide bonds. The number of amidine groups is 1. The van der Waals surface area contributed by atoms with Crippen LogP contribution in [-0.2, 0) is 11.1 Å². The summed E-state index contributed by atoms with van der Waals surface area (Å²) in [7, 11) is 0. The van der Waals surface area contributed by atoms with Crippen molar-refractivity contribution in [2.24, 2.45) is 10.9 Å². The highest BCUT2D eigenvalue weighted by Crippen LogP contribution is 2.46. The Labute approximate surface area is 207 Å². The zero-order valence-electron chi connectivity index (χ0n) is 19.5. The lowest BCUT2D eigenvalue weighted by Gasteiger charge is -2.35. The first-order valence-corrected chi connectivity index (χ1v) is 12.4. The minimum atomic E-state index is -1.44. The van der Waals surface area contributed by atoms with Gasteiger partial charge in [-0.2, -0.15) is 0 Å². The van der Waals surface area contributed by atoms with Gasteiger partial charge in [-0.05, 0) is 31.5 Å². The van der Waals surface area contributed by atoms with E-state index in [1.807, 2.05) is 53.4 Å². The van der Waals surface area contributed by atoms with Crippen LogP contribution in [0.1, 0.15) is 35.5 Å². The number of anilines is 1. The van der Waals surface area contributed by atoms with Gasteiger partial charge in [-0.15, -0.1) is 0 Å². The third kappa shape index (κ3) is 4.53. The SMILES string of the molecule is CC(C)(O)c1nc(N2C[C@H]3CSC(NC(=O)c4ccccc4)=NC3(c3ccccc3)C2)ncc1F. The van der Waals surface area contributed by atoms with Crippen LogP contribution in [0.3, 0.4) is 0 Å². The molecule has 5 rings (SSSR count). The van der Waals surface area contributed by atoms with E-state index in [4.69, 9.17) is 4.99 Å². The van der Waals surface area contributed by atoms with E-state index < -0.39 is 17.0 Å². The van der Waals surface area contributed by atoms with E-state index in [1.54, 1.807) is 12.1 Å². The quantitative estimate of drug-likeness (QED) is 0.578. The van der Waals surface area contributed by atoms with Gasteiger partial charge >= 0.3 is 0 Å². The summed E-state index contributed by atoms with van der Waals surface area (Å²) in [5.74, 6) is 0.355. The van der Waals surface area contributed by atoms with Crippen molar-refractivity contribution in [2.45, 2.75) is 25.0 Å². The Kier molecular flexibility index (Phi) is 6.06. The molecule has 2 aliphatic heterocycles. The molecule has 1 aromatic heterocycles. The maximum atomic E-state index is 14.3. The molecule has 1 saturated heterocycles. The van der Waals surface area contributed by atoms with Gasteiger partial charge in [0.2, 0.25) is 5.95 Å². The lowest BCUT2D eigenvalue weighted by atomic mass is 9.82. The van der Waals surface area contributed by atoms with Crippen molar-refractivity contribution in [1.29, 1.82) is 0 Å². The number of nitrogens with one attached hydrogen (secondary N) is 1. The van der Waals surface area contributed by atoms with Gasteiger partial charge in [0.1, 0.15) is 16.8 Å². The number of amides is 1. The smallest absolute Gasteiger partial charge is 0.257 e. The number of carbonyl (C=O) groups is 1. The fourth-order valence-corrected chi connectivity index (χ4v) is 5.78. The Morgan fingerprint density at radius 2 is 1.86 bits per heavy atom. The van der Waals surface area contributed by atoms with Gasteiger partial charge < -0.3 is 15.3 Å². The topological polar surface area (TPSA) is 90.7 Å². The van der Waals surface area contributed by atoms with E-state index in [0.29, 0.717) is 29.8 Å². The van der Waals surface area contributed by atoms with Crippen molar-refractivity contribution >= 4 is 28.8 Å². The molecule has 3 heterocycles. The molecule has 3 aromatic rings. The summed E-state index contributed by atoms with van der Waals surface area (Å²) in [6, 6.07) is 19.0. The van der Waals surface area contributed by atoms with Crippen molar-refractivity contribution in [2.75, 3.05) is 23.7 Å². The van der Waals surface area contributed by atoms with Gasteiger partial charge in [-0.25, -0.2) is 19.4 Å². The number of hydrogen-bond donors (Lipinski definition) is 2. The van der Waals surface area contributed by atoms with E-state index in [2.05, 4.69) is 15.3 Å². The number of thioether (sulfide) groups is 1. The Morgan fingerprint density at radius 3 is 2.54 bits per heavy atom. The van der Waals surface area contributed by atoms with Crippen LogP contribution >= 0.6 is 11.8 Å². The summed E-state index contributed by atoms with van der Waals surface area (Å²) < 4.78 is 14.3. The van der Waals surface area contributed by atoms with Crippen LogP contribution in [0.15, 0.2) is 71.9 Å². The van der Waals surface area contributed by atoms with Crippen LogP contribution in [0.4, 0.5) is 10.3 Å². The second-order valence-electron chi connectivity index (χ2n) is 9.34. The van der Waals surface area contributed by atoms with Crippen molar-refractivity contribution < 1.29 is 14.3 Å². The molecule has 0 aliphatic carbocycles. The Bertz CT molecular complexity index is 1270. The molecule has 1 unspecified atom stereocenters. The van der Waals surface area contributed by atoms with E-state index in [-0.39, 0.29) is 17.5 Å². The molecule has 1 fully saturated rings. The fourth-order valence-electron chi connectivity index (χ4n) is 4.64. The predicted octanol–water partition coefficient (Wildman–Crippen LogP) is 3.71. The Morgan fingerprint density at radius 1 is 1.17 bits per heavy atom. The number of aromatic nitrogens is 2. The summed E-state index contributed by atoms with van der Waals surface area (Å²) in [5, 5.41) is 13.9. The van der Waals surface area contributed by atoms with Gasteiger partial charge in [-0.3, -0.25) is 4.79 Å². The minimum absolute atomic E-state index is 0.0418. The molecular weight excluding hydrogens is 465 g/mol. The molecule has 0 bridgehead atoms. The number of hydrogen-bond acceptors (Lipinski definition) is 7. The van der Waals surface area contributed by atoms with Gasteiger partial charge in [0.15, 0.2) is 11.0 Å². The highest BCUT2D eigenvalue weighted by atomic mass is 32.2. The molecule has 9 heteroatoms. The average molecular weight is 492 g/mol. The molecule has 2 N–H and O–H groups in total. The Balaban J connectivity index is 1.50. The number of carbonyl (C=O) groups excluding carboxylic acids is 1. The van der Waals surface area contributed by atoms with Crippen molar-refractivity contribution in [3.8, 4) is 0 Å². The second kappa shape index (κ2) is 9.05. The van der Waals surface area contributed by atoms with E-state index in [0.717, 1.165) is 17.5 Å². The van der Waals surface area contributed by atoms with Crippen LogP contribution < -0.4 is 10.2 Å². The normalized spacial score (nSPS) is 21.9. The average Bonchev–Trinajstić information content (AvgIpc) is 3.25. The molecular formula is C26H26FN5O2S. The van der Waals surface area contributed by atoms with Crippen molar-refractivity contribution in [3.05, 3.63) is 89.5 Å². The maximum absolute atomic E-state index is 14.3. The maximum Gasteiger partial charge on any atom is 0.257 e. The van der Waals surface area contributed by atoms with Gasteiger partial charge in [0.05, 0.1) is 12.7 Å². The minimum Gasteiger partial charge on any atom is -0.384 e. The van der Waals surface area contributed by atoms with Gasteiger partial charge in [0, 0.05) is 23.8 Å². The molecule has 7 nitrogen and oxygen atoms in total. The first-order chi connectivity index (χ1) is 16.8. The standard InChI is InChI=1S/C26H26FN5O2S/c1-25(2,34)21-20(27)13-28-23(29-21)32-14-19-15-35-24(30-22(33)17-9-5-3-6-10-17)31-26(19,16-32)18-11-7-4-8-12-18/h3-13,19,34H,14-16H2,1-2H3,(H,30,31,33)/t19-,26?/m0/s1. The number of rotatable bonds is 4. The van der Waals surface area contributed by atoms with Crippen molar-refractivity contribution in [1.82, 2.24) is 15.3 Å². The third-order valence-corrected chi connectivity index (χ3v) is 7.43. The Hall–Kier alpha value is -3.30. The largest absolute Gasteiger partial charge is 0.384 e. The lowest BCUT2D eigenvalue weighted by molar-refractivity contribution is 0.0693. The molecule has 0 radical (unpaired) electrons. The number of nitrogens with zero attached hydrogens (tertiary/aromatic N) is 4. The van der Waals surface area contributed by atoms with E-state index in [9.17, 15) is 14.3 Å². The first-order valence-electron chi connectivity index (χ1n) is 11.4. The third-order valence-electron chi connectivity index (χ3n) is 6.39. The zero-order valence-corrected chi connectivity index (χ0v) is 20.3. The highest BCUT2D eigenvalue weighted by molar-refractivity contribution is 8.13. The van der Waals surface area contributed by atoms with Crippen LogP contribution in [0, 0.1) is 11.7 Å². The lowest BCUT2D eigenvalue weighted by Crippen LogP contribution is -2.42. The molecule has 0 spiro atoms. The monoisotopic (exact) mass is 491 g/mol. The van der Waals surface area contributed by atoms with Crippen LogP contribution in [0.25, 0.3) is 0 Å². The number of benzene rings is 2. The second-order valence-corrected chi connectivity index (χ2v) is 10.4. The van der Waals surface area contributed by atoms with E-state index >= 15 is 0 Å². The number of fused-ring (bicyclic) bond motifs is 1. The van der Waals surface area contributed by atoms with Crippen LogP contribution in [0.5, 0.6) is 0 Å². The predicted molar refractivity (Wildman–Crippen MR) is 135 cm³/mol. The van der Waals surface area contributed by atoms with Gasteiger partial charge in [-0.1, -0.05) is 60.3 Å². The summed E-state index contributed by atoms with van der Waals surface area (Å²) in [6.45, 7) is 4.08. The molecule has 2 atom stereocenters. The highest BCUT2D eigenvalue weighted by Gasteiger charge is 2.51. The summed E-state index contributed by atoms with van der Waals surface area (Å²) >= 11 is 1.51. The van der Waals surface area contributed by atoms with Crippen LogP contribution in [-0.4, -0.2) is 45.0 Å². The summed E-state index contributed by atoms with van der Waals surface area (Å²) in [6.07, 6.45) is 1.11. The van der Waals surface area contributed by atoms with Crippen LogP contribution in [0.2, 0.25) is 0 Å². The first kappa shape index (κ1) is 23.4. The number of halogens is 1. The van der Waals surface area contributed by atoms with Crippen molar-refractivity contribution in [3.63, 3.8) is 0 Å². The summed E-state index contributed by atoms with van der Waals surface area (Å²) in [4.78, 5) is 28.5. The number of aliphatic hydroxyl groups is 1. The fraction of sp³-hybridized carbons (Fsp3) is 0.308. The molecule has 2 aromatic carbocycles. The molecule has 180 valence electrons. The zero-order chi connectivity index (χ0) is 24.6. The molecule has 35 heavy (non-hydrogen) atoms. The molecule has 2 aliphatic rings.